The van der Waals surface area contributed by atoms with E-state index in [1.54, 1.807) is 0 Å². The summed E-state index contributed by atoms with van der Waals surface area (Å²) in [6, 6.07) is 0. The Kier molecular flexibility index (Phi) is 5.24. The number of hydrogen-bond donors (Lipinski definition) is 0. The quantitative estimate of drug-likeness (QED) is 0.402. The fourth-order valence-electron chi connectivity index (χ4n) is 4.57. The molecule has 19 heavy (non-hydrogen) atoms. The smallest absolute Gasteiger partial charge is 1.00 e. The van der Waals surface area contributed by atoms with E-state index in [9.17, 15) is 0 Å². The zero-order valence-electron chi connectivity index (χ0n) is 12.1. The van der Waals surface area contributed by atoms with Crippen LogP contribution in [0.15, 0.2) is 43.1 Å². The van der Waals surface area contributed by atoms with Gasteiger partial charge in [-0.2, -0.15) is 0 Å². The van der Waals surface area contributed by atoms with Gasteiger partial charge in [0.2, 0.25) is 0 Å². The van der Waals surface area contributed by atoms with E-state index in [-0.39, 0.29) is 24.8 Å². The van der Waals surface area contributed by atoms with Gasteiger partial charge >= 0.3 is 110 Å². The van der Waals surface area contributed by atoms with Crippen molar-refractivity contribution in [2.24, 2.45) is 0 Å². The van der Waals surface area contributed by atoms with Gasteiger partial charge in [-0.15, -0.1) is 0 Å². The average Bonchev–Trinajstić information content (AvgIpc) is 2.81. The van der Waals surface area contributed by atoms with Crippen LogP contribution in [0.3, 0.4) is 0 Å². The largest absolute Gasteiger partial charge is 1.00 e. The van der Waals surface area contributed by atoms with E-state index >= 15 is 0 Å². The second-order valence-electron chi connectivity index (χ2n) is 6.65. The Morgan fingerprint density at radius 2 is 1.16 bits per heavy atom. The van der Waals surface area contributed by atoms with E-state index < -0.39 is 27.9 Å². The molecule has 0 aromatic rings. The summed E-state index contributed by atoms with van der Waals surface area (Å²) in [6.45, 7) is 10.9. The van der Waals surface area contributed by atoms with Crippen LogP contribution in [0.4, 0.5) is 0 Å². The molecular formula is C14H22Cl2HfSi2. The molecule has 0 amide bonds. The molecule has 0 nitrogen and oxygen atoms in total. The molecule has 5 heteroatoms. The predicted molar refractivity (Wildman–Crippen MR) is 78.6 cm³/mol. The second kappa shape index (κ2) is 5.56. The summed E-state index contributed by atoms with van der Waals surface area (Å²) >= 11 is -2.21. The molecule has 3 rings (SSSR count). The van der Waals surface area contributed by atoms with E-state index in [1.165, 1.54) is 12.8 Å². The van der Waals surface area contributed by atoms with Gasteiger partial charge in [0, 0.05) is 0 Å². The van der Waals surface area contributed by atoms with Crippen LogP contribution in [0.2, 0.25) is 26.2 Å². The van der Waals surface area contributed by atoms with Crippen molar-refractivity contribution in [1.29, 1.82) is 0 Å². The zero-order valence-corrected chi connectivity index (χ0v) is 19.2. The Bertz CT molecular complexity index is 456. The molecule has 0 atom stereocenters. The minimum atomic E-state index is -2.21. The molecule has 2 aliphatic carbocycles. The molecule has 0 aromatic heterocycles. The third-order valence-corrected chi connectivity index (χ3v) is 157. The molecule has 3 aliphatic rings. The molecule has 1 heterocycles. The molecule has 0 unspecified atom stereocenters. The first-order chi connectivity index (χ1) is 7.96. The van der Waals surface area contributed by atoms with Crippen LogP contribution in [0.25, 0.3) is 0 Å². The van der Waals surface area contributed by atoms with Crippen LogP contribution in [0.1, 0.15) is 12.8 Å². The van der Waals surface area contributed by atoms with Gasteiger partial charge in [0.25, 0.3) is 0 Å². The molecule has 0 N–H and O–H groups in total. The maximum atomic E-state index is 2.74. The topological polar surface area (TPSA) is 0 Å². The van der Waals surface area contributed by atoms with Gasteiger partial charge in [-0.25, -0.2) is 0 Å². The fourth-order valence-corrected chi connectivity index (χ4v) is 237. The predicted octanol–water partition coefficient (Wildman–Crippen LogP) is -1.66. The second-order valence-corrected chi connectivity index (χ2v) is 84.7. The number of allylic oxidation sites excluding steroid dienone is 8. The Labute approximate surface area is 134 Å². The van der Waals surface area contributed by atoms with Gasteiger partial charge in [-0.05, 0) is 0 Å². The monoisotopic (exact) mass is 496 g/mol. The third-order valence-electron chi connectivity index (χ3n) is 5.88. The van der Waals surface area contributed by atoms with Crippen molar-refractivity contribution in [3.8, 4) is 0 Å². The molecule has 0 radical (unpaired) electrons. The molecule has 1 saturated heterocycles. The van der Waals surface area contributed by atoms with Crippen LogP contribution in [0.5, 0.6) is 0 Å². The van der Waals surface area contributed by atoms with Crippen LogP contribution < -0.4 is 24.8 Å². The van der Waals surface area contributed by atoms with Gasteiger partial charge < -0.3 is 24.8 Å². The Hall–Kier alpha value is 0.844. The minimum Gasteiger partial charge on any atom is -1.00 e. The number of halogens is 2. The van der Waals surface area contributed by atoms with E-state index in [2.05, 4.69) is 62.6 Å². The SMILES string of the molecule is C[Si]1(C)[Si](C)(C)[Hf+2]1([C]1=CC=CC1)[C]1=CC=CC1.[Cl-].[Cl-]. The molecule has 0 saturated carbocycles. The van der Waals surface area contributed by atoms with Crippen molar-refractivity contribution in [1.82, 2.24) is 0 Å². The minimum absolute atomic E-state index is 0. The van der Waals surface area contributed by atoms with Crippen LogP contribution >= 0.6 is 0 Å². The van der Waals surface area contributed by atoms with Gasteiger partial charge in [-0.3, -0.25) is 0 Å². The Balaban J connectivity index is 0.000000902. The molecule has 0 bridgehead atoms. The average molecular weight is 496 g/mol. The van der Waals surface area contributed by atoms with Gasteiger partial charge in [0.15, 0.2) is 0 Å². The third kappa shape index (κ3) is 1.99. The van der Waals surface area contributed by atoms with Crippen molar-refractivity contribution in [3.05, 3.63) is 43.1 Å². The van der Waals surface area contributed by atoms with Crippen molar-refractivity contribution in [2.75, 3.05) is 0 Å². The van der Waals surface area contributed by atoms with Crippen LogP contribution in [-0.4, -0.2) is 9.56 Å². The zero-order chi connectivity index (χ0) is 12.3. The molecule has 0 aromatic carbocycles. The van der Waals surface area contributed by atoms with Crippen molar-refractivity contribution >= 4 is 9.56 Å². The summed E-state index contributed by atoms with van der Waals surface area (Å²) < 4.78 is 2.24. The van der Waals surface area contributed by atoms with Crippen LogP contribution in [0, 0.1) is 0 Å². The summed E-state index contributed by atoms with van der Waals surface area (Å²) in [7, 11) is 0. The van der Waals surface area contributed by atoms with E-state index in [4.69, 9.17) is 0 Å². The summed E-state index contributed by atoms with van der Waals surface area (Å²) in [6.07, 6.45) is 17.1. The summed E-state index contributed by atoms with van der Waals surface area (Å²) in [5, 5.41) is 0. The maximum absolute atomic E-state index is 2.74. The normalized spacial score (nSPS) is 25.5. The van der Waals surface area contributed by atoms with Gasteiger partial charge in [0.1, 0.15) is 0 Å². The fraction of sp³-hybridized carbons (Fsp3) is 0.429. The number of hydrogen-bond acceptors (Lipinski definition) is 0. The Morgan fingerprint density at radius 3 is 1.37 bits per heavy atom. The van der Waals surface area contributed by atoms with E-state index in [0.717, 1.165) is 0 Å². The number of rotatable bonds is 2. The molecule has 1 aliphatic heterocycles. The first-order valence-corrected chi connectivity index (χ1v) is 28.1. The molecule has 104 valence electrons. The van der Waals surface area contributed by atoms with E-state index in [1.807, 2.05) is 6.66 Å². The van der Waals surface area contributed by atoms with Gasteiger partial charge in [-0.1, -0.05) is 0 Å². The van der Waals surface area contributed by atoms with Crippen LogP contribution in [-0.2, 0) is 18.3 Å². The summed E-state index contributed by atoms with van der Waals surface area (Å²) in [5.41, 5.74) is 0. The molecule has 0 spiro atoms. The molecule has 1 fully saturated rings. The Morgan fingerprint density at radius 1 is 0.789 bits per heavy atom. The van der Waals surface area contributed by atoms with Crippen molar-refractivity contribution in [3.63, 3.8) is 0 Å². The first-order valence-electron chi connectivity index (χ1n) is 6.68. The van der Waals surface area contributed by atoms with Crippen molar-refractivity contribution < 1.29 is 43.1 Å². The van der Waals surface area contributed by atoms with Gasteiger partial charge in [0.05, 0.1) is 0 Å². The first kappa shape index (κ1) is 17.9. The molecular weight excluding hydrogens is 474 g/mol. The maximum Gasteiger partial charge on any atom is -1.00 e. The summed E-state index contributed by atoms with van der Waals surface area (Å²) in [5.74, 6) is 0. The summed E-state index contributed by atoms with van der Waals surface area (Å²) in [4.78, 5) is 0. The van der Waals surface area contributed by atoms with E-state index in [0.29, 0.717) is 0 Å². The standard InChI is InChI=1S/2C5H5.C4H12Si2.2ClH.Hf/c2*1-2-4-5-3-1;1-5(2)6(3)4;;;/h2*1-3H,4H2;1-4H3;2*1H;/q;;;;;+2/p-2. The van der Waals surface area contributed by atoms with Crippen molar-refractivity contribution in [2.45, 2.75) is 39.0 Å².